The molecule has 0 radical (unpaired) electrons. The Kier molecular flexibility index (Phi) is 3.90. The second-order valence-corrected chi connectivity index (χ2v) is 5.36. The molecule has 108 valence electrons. The van der Waals surface area contributed by atoms with Crippen molar-refractivity contribution in [1.82, 2.24) is 19.9 Å². The van der Waals surface area contributed by atoms with Crippen molar-refractivity contribution in [1.29, 1.82) is 0 Å². The number of pyridine rings is 1. The molecule has 1 unspecified atom stereocenters. The first-order chi connectivity index (χ1) is 10.2. The van der Waals surface area contributed by atoms with Crippen molar-refractivity contribution in [3.05, 3.63) is 53.9 Å². The lowest BCUT2D eigenvalue weighted by atomic mass is 9.94. The fourth-order valence-corrected chi connectivity index (χ4v) is 2.78. The standard InChI is InChI=1S/C16H18N4O/c1-12-18-8-6-15(19-12)14-5-3-9-20(11-14)16(21)13-4-2-7-17-10-13/h2,4,6-8,10,14H,3,5,9,11H2,1H3. The number of nitrogens with zero attached hydrogens (tertiary/aromatic N) is 4. The van der Waals surface area contributed by atoms with Crippen LogP contribution in [0.2, 0.25) is 0 Å². The second kappa shape index (κ2) is 5.99. The number of hydrogen-bond donors (Lipinski definition) is 0. The molecule has 0 saturated carbocycles. The van der Waals surface area contributed by atoms with Gasteiger partial charge in [0.1, 0.15) is 5.82 Å². The molecule has 0 bridgehead atoms. The molecule has 1 fully saturated rings. The van der Waals surface area contributed by atoms with Crippen LogP contribution in [0.3, 0.4) is 0 Å². The van der Waals surface area contributed by atoms with Crippen LogP contribution in [0.5, 0.6) is 0 Å². The lowest BCUT2D eigenvalue weighted by molar-refractivity contribution is 0.0705. The summed E-state index contributed by atoms with van der Waals surface area (Å²) in [6.45, 7) is 3.41. The fraction of sp³-hybridized carbons (Fsp3) is 0.375. The summed E-state index contributed by atoms with van der Waals surface area (Å²) in [4.78, 5) is 27.1. The van der Waals surface area contributed by atoms with Gasteiger partial charge < -0.3 is 4.90 Å². The van der Waals surface area contributed by atoms with E-state index in [1.807, 2.05) is 24.0 Å². The maximum absolute atomic E-state index is 12.5. The molecule has 0 aromatic carbocycles. The van der Waals surface area contributed by atoms with Gasteiger partial charge in [0.15, 0.2) is 0 Å². The third-order valence-electron chi connectivity index (χ3n) is 3.83. The Balaban J connectivity index is 1.75. The van der Waals surface area contributed by atoms with Crippen LogP contribution in [0, 0.1) is 6.92 Å². The van der Waals surface area contributed by atoms with Crippen molar-refractivity contribution in [2.45, 2.75) is 25.7 Å². The van der Waals surface area contributed by atoms with E-state index in [-0.39, 0.29) is 5.91 Å². The molecule has 2 aromatic heterocycles. The van der Waals surface area contributed by atoms with E-state index >= 15 is 0 Å². The van der Waals surface area contributed by atoms with Crippen molar-refractivity contribution in [3.8, 4) is 0 Å². The highest BCUT2D eigenvalue weighted by atomic mass is 16.2. The first-order valence-electron chi connectivity index (χ1n) is 7.23. The SMILES string of the molecule is Cc1nccc(C2CCCN(C(=O)c3cccnc3)C2)n1. The molecular formula is C16H18N4O. The Bertz CT molecular complexity index is 629. The van der Waals surface area contributed by atoms with Gasteiger partial charge in [0, 0.05) is 43.3 Å². The average Bonchev–Trinajstić information content (AvgIpc) is 2.55. The van der Waals surface area contributed by atoms with E-state index in [0.29, 0.717) is 18.0 Å². The molecule has 1 atom stereocenters. The summed E-state index contributed by atoms with van der Waals surface area (Å²) in [5.74, 6) is 1.13. The third-order valence-corrected chi connectivity index (χ3v) is 3.83. The summed E-state index contributed by atoms with van der Waals surface area (Å²) < 4.78 is 0. The van der Waals surface area contributed by atoms with E-state index in [9.17, 15) is 4.79 Å². The van der Waals surface area contributed by atoms with Crippen molar-refractivity contribution in [3.63, 3.8) is 0 Å². The quantitative estimate of drug-likeness (QED) is 0.847. The van der Waals surface area contributed by atoms with Crippen molar-refractivity contribution in [2.75, 3.05) is 13.1 Å². The molecule has 1 amide bonds. The molecule has 3 heterocycles. The summed E-state index contributed by atoms with van der Waals surface area (Å²) >= 11 is 0. The Labute approximate surface area is 124 Å². The van der Waals surface area contributed by atoms with E-state index < -0.39 is 0 Å². The summed E-state index contributed by atoms with van der Waals surface area (Å²) in [5, 5.41) is 0. The van der Waals surface area contributed by atoms with Gasteiger partial charge in [-0.05, 0) is 38.0 Å². The fourth-order valence-electron chi connectivity index (χ4n) is 2.78. The highest BCUT2D eigenvalue weighted by Crippen LogP contribution is 2.26. The molecule has 21 heavy (non-hydrogen) atoms. The van der Waals surface area contributed by atoms with Crippen molar-refractivity contribution < 1.29 is 4.79 Å². The predicted octanol–water partition coefficient (Wildman–Crippen LogP) is 2.20. The second-order valence-electron chi connectivity index (χ2n) is 5.36. The van der Waals surface area contributed by atoms with Crippen LogP contribution in [-0.4, -0.2) is 38.8 Å². The zero-order valence-electron chi connectivity index (χ0n) is 12.1. The lowest BCUT2D eigenvalue weighted by Crippen LogP contribution is -2.39. The normalized spacial score (nSPS) is 18.5. The molecule has 0 N–H and O–H groups in total. The van der Waals surface area contributed by atoms with Gasteiger partial charge in [-0.25, -0.2) is 9.97 Å². The molecule has 0 spiro atoms. The summed E-state index contributed by atoms with van der Waals surface area (Å²) in [5.41, 5.74) is 1.68. The largest absolute Gasteiger partial charge is 0.338 e. The van der Waals surface area contributed by atoms with Crippen LogP contribution in [0.25, 0.3) is 0 Å². The average molecular weight is 282 g/mol. The number of amides is 1. The van der Waals surface area contributed by atoms with Crippen LogP contribution in [0.4, 0.5) is 0 Å². The molecular weight excluding hydrogens is 264 g/mol. The maximum Gasteiger partial charge on any atom is 0.255 e. The number of aryl methyl sites for hydroxylation is 1. The Morgan fingerprint density at radius 2 is 2.24 bits per heavy atom. The third kappa shape index (κ3) is 3.07. The lowest BCUT2D eigenvalue weighted by Gasteiger charge is -2.32. The highest BCUT2D eigenvalue weighted by Gasteiger charge is 2.26. The van der Waals surface area contributed by atoms with E-state index in [2.05, 4.69) is 15.0 Å². The van der Waals surface area contributed by atoms with Crippen molar-refractivity contribution >= 4 is 5.91 Å². The first kappa shape index (κ1) is 13.7. The van der Waals surface area contributed by atoms with Crippen LogP contribution >= 0.6 is 0 Å². The van der Waals surface area contributed by atoms with Crippen LogP contribution in [0.15, 0.2) is 36.8 Å². The molecule has 0 aliphatic carbocycles. The van der Waals surface area contributed by atoms with Crippen LogP contribution in [0.1, 0.15) is 40.6 Å². The van der Waals surface area contributed by atoms with Crippen LogP contribution < -0.4 is 0 Å². The highest BCUT2D eigenvalue weighted by molar-refractivity contribution is 5.93. The monoisotopic (exact) mass is 282 g/mol. The van der Waals surface area contributed by atoms with E-state index in [4.69, 9.17) is 0 Å². The summed E-state index contributed by atoms with van der Waals surface area (Å²) in [6, 6.07) is 5.56. The molecule has 1 aliphatic rings. The minimum absolute atomic E-state index is 0.0542. The summed E-state index contributed by atoms with van der Waals surface area (Å²) in [7, 11) is 0. The first-order valence-corrected chi connectivity index (χ1v) is 7.23. The van der Waals surface area contributed by atoms with Crippen molar-refractivity contribution in [2.24, 2.45) is 0 Å². The number of aromatic nitrogens is 3. The molecule has 2 aromatic rings. The number of rotatable bonds is 2. The molecule has 1 aliphatic heterocycles. The Morgan fingerprint density at radius 1 is 1.33 bits per heavy atom. The van der Waals surface area contributed by atoms with Gasteiger partial charge in [-0.2, -0.15) is 0 Å². The maximum atomic E-state index is 12.5. The number of piperidine rings is 1. The van der Waals surface area contributed by atoms with Gasteiger partial charge in [-0.1, -0.05) is 0 Å². The molecule has 3 rings (SSSR count). The van der Waals surface area contributed by atoms with Crippen LogP contribution in [-0.2, 0) is 0 Å². The minimum Gasteiger partial charge on any atom is -0.338 e. The molecule has 5 heteroatoms. The smallest absolute Gasteiger partial charge is 0.255 e. The van der Waals surface area contributed by atoms with E-state index in [0.717, 1.165) is 30.9 Å². The van der Waals surface area contributed by atoms with Gasteiger partial charge in [-0.3, -0.25) is 9.78 Å². The van der Waals surface area contributed by atoms with Gasteiger partial charge in [0.25, 0.3) is 5.91 Å². The van der Waals surface area contributed by atoms with Gasteiger partial charge in [0.05, 0.1) is 5.56 Å². The Morgan fingerprint density at radius 3 is 3.00 bits per heavy atom. The van der Waals surface area contributed by atoms with Gasteiger partial charge >= 0.3 is 0 Å². The van der Waals surface area contributed by atoms with Gasteiger partial charge in [-0.15, -0.1) is 0 Å². The predicted molar refractivity (Wildman–Crippen MR) is 78.9 cm³/mol. The number of carbonyl (C=O) groups is 1. The zero-order chi connectivity index (χ0) is 14.7. The molecule has 1 saturated heterocycles. The Hall–Kier alpha value is -2.30. The number of hydrogen-bond acceptors (Lipinski definition) is 4. The van der Waals surface area contributed by atoms with Gasteiger partial charge in [0.2, 0.25) is 0 Å². The minimum atomic E-state index is 0.0542. The topological polar surface area (TPSA) is 59.0 Å². The number of likely N-dealkylation sites (tertiary alicyclic amines) is 1. The number of carbonyl (C=O) groups excluding carboxylic acids is 1. The summed E-state index contributed by atoms with van der Waals surface area (Å²) in [6.07, 6.45) is 7.16. The molecule has 5 nitrogen and oxygen atoms in total. The zero-order valence-corrected chi connectivity index (χ0v) is 12.1. The van der Waals surface area contributed by atoms with E-state index in [1.54, 1.807) is 24.7 Å². The van der Waals surface area contributed by atoms with E-state index in [1.165, 1.54) is 0 Å².